The maximum Gasteiger partial charge on any atom is 0.261 e. The monoisotopic (exact) mass is 375 g/mol. The fourth-order valence-electron chi connectivity index (χ4n) is 2.75. The fraction of sp³-hybridized carbons (Fsp3) is 0.158. The summed E-state index contributed by atoms with van der Waals surface area (Å²) in [7, 11) is 1.67. The van der Waals surface area contributed by atoms with Crippen molar-refractivity contribution in [2.75, 3.05) is 11.9 Å². The first-order valence-electron chi connectivity index (χ1n) is 8.30. The van der Waals surface area contributed by atoms with Crippen molar-refractivity contribution in [3.8, 4) is 11.9 Å². The third kappa shape index (κ3) is 3.31. The zero-order chi connectivity index (χ0) is 20.3. The lowest BCUT2D eigenvalue weighted by Gasteiger charge is -2.16. The molecule has 1 amide bonds. The molecule has 0 saturated carbocycles. The number of carbonyl (C=O) groups excluding carboxylic acids is 1. The molecule has 0 fully saturated rings. The molecule has 0 radical (unpaired) electrons. The van der Waals surface area contributed by atoms with Gasteiger partial charge in [0.1, 0.15) is 6.07 Å². The molecular weight excluding hydrogens is 358 g/mol. The minimum Gasteiger partial charge on any atom is -0.410 e. The van der Waals surface area contributed by atoms with Crippen molar-refractivity contribution in [1.29, 1.82) is 5.26 Å². The summed E-state index contributed by atoms with van der Waals surface area (Å²) in [4.78, 5) is 22.7. The number of amides is 1. The summed E-state index contributed by atoms with van der Waals surface area (Å²) in [5, 5.41) is 25.1. The molecule has 0 bridgehead atoms. The van der Waals surface area contributed by atoms with E-state index in [1.54, 1.807) is 62.2 Å². The second-order valence-electron chi connectivity index (χ2n) is 6.06. The molecule has 0 saturated heterocycles. The SMILES string of the molecule is Cc1cc(/C(C#N)=N/O)cnc1-n1ncc(C(=O)N(C)c2cccnc2)c1C. The third-order valence-corrected chi connectivity index (χ3v) is 4.31. The van der Waals surface area contributed by atoms with E-state index in [1.165, 1.54) is 17.3 Å². The second-order valence-corrected chi connectivity index (χ2v) is 6.06. The molecule has 0 aliphatic heterocycles. The van der Waals surface area contributed by atoms with Crippen LogP contribution in [0, 0.1) is 25.2 Å². The van der Waals surface area contributed by atoms with Crippen LogP contribution in [0.2, 0.25) is 0 Å². The van der Waals surface area contributed by atoms with Crippen LogP contribution >= 0.6 is 0 Å². The Bertz CT molecular complexity index is 1100. The number of pyridine rings is 2. The van der Waals surface area contributed by atoms with Crippen molar-refractivity contribution in [3.63, 3.8) is 0 Å². The molecule has 3 aromatic heterocycles. The van der Waals surface area contributed by atoms with Gasteiger partial charge in [-0.1, -0.05) is 5.16 Å². The number of anilines is 1. The summed E-state index contributed by atoms with van der Waals surface area (Å²) in [5.74, 6) is 0.296. The van der Waals surface area contributed by atoms with Gasteiger partial charge in [-0.3, -0.25) is 9.78 Å². The molecule has 3 aromatic rings. The van der Waals surface area contributed by atoms with E-state index in [2.05, 4.69) is 20.2 Å². The lowest BCUT2D eigenvalue weighted by atomic mass is 10.1. The molecule has 28 heavy (non-hydrogen) atoms. The van der Waals surface area contributed by atoms with Crippen LogP contribution in [-0.4, -0.2) is 43.6 Å². The van der Waals surface area contributed by atoms with Crippen LogP contribution in [-0.2, 0) is 0 Å². The predicted molar refractivity (Wildman–Crippen MR) is 102 cm³/mol. The van der Waals surface area contributed by atoms with Crippen molar-refractivity contribution >= 4 is 17.3 Å². The van der Waals surface area contributed by atoms with E-state index in [4.69, 9.17) is 10.5 Å². The molecule has 0 spiro atoms. The lowest BCUT2D eigenvalue weighted by molar-refractivity contribution is 0.0992. The van der Waals surface area contributed by atoms with Crippen molar-refractivity contribution in [2.45, 2.75) is 13.8 Å². The number of aryl methyl sites for hydroxylation is 1. The Balaban J connectivity index is 1.96. The molecule has 0 unspecified atom stereocenters. The molecule has 0 aromatic carbocycles. The topological polar surface area (TPSA) is 120 Å². The highest BCUT2D eigenvalue weighted by Crippen LogP contribution is 2.20. The lowest BCUT2D eigenvalue weighted by Crippen LogP contribution is -2.26. The largest absolute Gasteiger partial charge is 0.410 e. The molecular formula is C19H17N7O2. The number of rotatable bonds is 4. The van der Waals surface area contributed by atoms with Gasteiger partial charge in [0.05, 0.1) is 29.3 Å². The molecule has 9 heteroatoms. The number of carbonyl (C=O) groups is 1. The number of hydrogen-bond donors (Lipinski definition) is 1. The summed E-state index contributed by atoms with van der Waals surface area (Å²) in [6, 6.07) is 7.02. The maximum atomic E-state index is 12.9. The fourth-order valence-corrected chi connectivity index (χ4v) is 2.75. The molecule has 0 atom stereocenters. The minimum atomic E-state index is -0.217. The van der Waals surface area contributed by atoms with Gasteiger partial charge in [0.2, 0.25) is 0 Å². The summed E-state index contributed by atoms with van der Waals surface area (Å²) in [6.07, 6.45) is 6.17. The normalized spacial score (nSPS) is 11.1. The van der Waals surface area contributed by atoms with Crippen LogP contribution in [0.15, 0.2) is 48.1 Å². The summed E-state index contributed by atoms with van der Waals surface area (Å²) in [6.45, 7) is 3.57. The van der Waals surface area contributed by atoms with Crippen LogP contribution in [0.3, 0.4) is 0 Å². The van der Waals surface area contributed by atoms with Crippen molar-refractivity contribution in [2.24, 2.45) is 5.16 Å². The molecule has 3 heterocycles. The van der Waals surface area contributed by atoms with Gasteiger partial charge in [0.25, 0.3) is 5.91 Å². The average Bonchev–Trinajstić information content (AvgIpc) is 3.09. The van der Waals surface area contributed by atoms with Gasteiger partial charge >= 0.3 is 0 Å². The molecule has 0 aliphatic carbocycles. The van der Waals surface area contributed by atoms with Gasteiger partial charge in [0.15, 0.2) is 11.5 Å². The Labute approximate surface area is 161 Å². The van der Waals surface area contributed by atoms with E-state index < -0.39 is 0 Å². The van der Waals surface area contributed by atoms with Crippen LogP contribution in [0.1, 0.15) is 27.2 Å². The van der Waals surface area contributed by atoms with E-state index >= 15 is 0 Å². The van der Waals surface area contributed by atoms with E-state index in [1.807, 2.05) is 0 Å². The van der Waals surface area contributed by atoms with E-state index in [0.29, 0.717) is 33.9 Å². The number of nitriles is 1. The molecule has 140 valence electrons. The van der Waals surface area contributed by atoms with E-state index in [0.717, 1.165) is 0 Å². The van der Waals surface area contributed by atoms with Gasteiger partial charge < -0.3 is 10.1 Å². The van der Waals surface area contributed by atoms with Crippen LogP contribution in [0.5, 0.6) is 0 Å². The third-order valence-electron chi connectivity index (χ3n) is 4.31. The zero-order valence-corrected chi connectivity index (χ0v) is 15.5. The standard InChI is InChI=1S/C19H17N7O2/c1-12-7-14(17(8-20)24-28)9-22-18(12)26-13(2)16(11-23-26)19(27)25(3)15-5-4-6-21-10-15/h4-7,9-11,28H,1-3H3/b24-17+. The Morgan fingerprint density at radius 2 is 2.11 bits per heavy atom. The molecule has 1 N–H and O–H groups in total. The smallest absolute Gasteiger partial charge is 0.261 e. The van der Waals surface area contributed by atoms with Crippen LogP contribution < -0.4 is 4.90 Å². The maximum absolute atomic E-state index is 12.9. The van der Waals surface area contributed by atoms with Crippen LogP contribution in [0.4, 0.5) is 5.69 Å². The number of oxime groups is 1. The summed E-state index contributed by atoms with van der Waals surface area (Å²) >= 11 is 0. The zero-order valence-electron chi connectivity index (χ0n) is 15.5. The van der Waals surface area contributed by atoms with Crippen molar-refractivity contribution < 1.29 is 10.0 Å². The Hall–Kier alpha value is -4.06. The first kappa shape index (κ1) is 18.7. The van der Waals surface area contributed by atoms with Gasteiger partial charge in [-0.15, -0.1) is 0 Å². The molecule has 0 aliphatic rings. The number of nitrogens with zero attached hydrogens (tertiary/aromatic N) is 7. The van der Waals surface area contributed by atoms with Gasteiger partial charge in [-0.05, 0) is 37.6 Å². The highest BCUT2D eigenvalue weighted by Gasteiger charge is 2.21. The van der Waals surface area contributed by atoms with Crippen molar-refractivity contribution in [3.05, 3.63) is 65.4 Å². The second kappa shape index (κ2) is 7.67. The first-order chi connectivity index (χ1) is 13.5. The van der Waals surface area contributed by atoms with Gasteiger partial charge in [-0.25, -0.2) is 9.67 Å². The first-order valence-corrected chi connectivity index (χ1v) is 8.30. The minimum absolute atomic E-state index is 0.131. The summed E-state index contributed by atoms with van der Waals surface area (Å²) < 4.78 is 1.56. The molecule has 9 nitrogen and oxygen atoms in total. The Kier molecular flexibility index (Phi) is 5.13. The average molecular weight is 375 g/mol. The highest BCUT2D eigenvalue weighted by molar-refractivity contribution is 6.11. The summed E-state index contributed by atoms with van der Waals surface area (Å²) in [5.41, 5.74) is 2.70. The Morgan fingerprint density at radius 1 is 1.32 bits per heavy atom. The number of hydrogen-bond acceptors (Lipinski definition) is 7. The van der Waals surface area contributed by atoms with Crippen molar-refractivity contribution in [1.82, 2.24) is 19.7 Å². The Morgan fingerprint density at radius 3 is 2.71 bits per heavy atom. The van der Waals surface area contributed by atoms with E-state index in [9.17, 15) is 4.79 Å². The number of aromatic nitrogens is 4. The van der Waals surface area contributed by atoms with E-state index in [-0.39, 0.29) is 11.6 Å². The highest BCUT2D eigenvalue weighted by atomic mass is 16.4. The van der Waals surface area contributed by atoms with Gasteiger partial charge in [0, 0.05) is 25.0 Å². The quantitative estimate of drug-likeness (QED) is 0.424. The van der Waals surface area contributed by atoms with Gasteiger partial charge in [-0.2, -0.15) is 10.4 Å². The predicted octanol–water partition coefficient (Wildman–Crippen LogP) is 2.26. The molecule has 3 rings (SSSR count). The van der Waals surface area contributed by atoms with Crippen LogP contribution in [0.25, 0.3) is 5.82 Å².